The van der Waals surface area contributed by atoms with Gasteiger partial charge in [-0.05, 0) is 45.2 Å². The van der Waals surface area contributed by atoms with Crippen molar-refractivity contribution >= 4 is 40.7 Å². The Hall–Kier alpha value is -1.26. The van der Waals surface area contributed by atoms with Gasteiger partial charge in [-0.2, -0.15) is 0 Å². The van der Waals surface area contributed by atoms with Crippen LogP contribution in [0.25, 0.3) is 0 Å². The van der Waals surface area contributed by atoms with E-state index in [1.807, 2.05) is 32.9 Å². The van der Waals surface area contributed by atoms with Crippen molar-refractivity contribution in [3.8, 4) is 0 Å². The van der Waals surface area contributed by atoms with Gasteiger partial charge in [0.05, 0.1) is 12.0 Å². The molecule has 2 rings (SSSR count). The van der Waals surface area contributed by atoms with E-state index in [9.17, 15) is 9.59 Å². The number of halogens is 2. The predicted molar refractivity (Wildman–Crippen MR) is 94.1 cm³/mol. The first-order valence-electron chi connectivity index (χ1n) is 7.49. The quantitative estimate of drug-likeness (QED) is 0.838. The topological polar surface area (TPSA) is 49.4 Å². The van der Waals surface area contributed by atoms with E-state index in [-0.39, 0.29) is 18.4 Å². The van der Waals surface area contributed by atoms with Crippen LogP contribution in [0.3, 0.4) is 0 Å². The van der Waals surface area contributed by atoms with Gasteiger partial charge < -0.3 is 10.2 Å². The number of alkyl halides is 2. The fraction of sp³-hybridized carbons (Fsp3) is 0.529. The Balaban J connectivity index is 2.02. The van der Waals surface area contributed by atoms with Gasteiger partial charge in [0.1, 0.15) is 4.33 Å². The summed E-state index contributed by atoms with van der Waals surface area (Å²) in [4.78, 5) is 26.0. The lowest BCUT2D eigenvalue weighted by Crippen LogP contribution is -2.40. The van der Waals surface area contributed by atoms with Gasteiger partial charge in [-0.1, -0.05) is 17.7 Å². The second-order valence-corrected chi connectivity index (χ2v) is 8.18. The maximum atomic E-state index is 12.4. The fourth-order valence-electron chi connectivity index (χ4n) is 2.90. The number of rotatable bonds is 4. The average molecular weight is 357 g/mol. The third kappa shape index (κ3) is 3.48. The Morgan fingerprint density at radius 3 is 2.13 bits per heavy atom. The first kappa shape index (κ1) is 18.1. The highest BCUT2D eigenvalue weighted by atomic mass is 35.5. The van der Waals surface area contributed by atoms with Crippen molar-refractivity contribution in [2.24, 2.45) is 5.41 Å². The monoisotopic (exact) mass is 356 g/mol. The minimum Gasteiger partial charge on any atom is -0.336 e. The number of benzene rings is 1. The third-order valence-electron chi connectivity index (χ3n) is 4.40. The van der Waals surface area contributed by atoms with Crippen molar-refractivity contribution in [1.29, 1.82) is 0 Å². The molecule has 1 fully saturated rings. The number of hydrogen-bond donors (Lipinski definition) is 1. The van der Waals surface area contributed by atoms with Gasteiger partial charge in [0, 0.05) is 12.7 Å². The summed E-state index contributed by atoms with van der Waals surface area (Å²) >= 11 is 12.1. The van der Waals surface area contributed by atoms with Crippen molar-refractivity contribution in [3.05, 3.63) is 28.8 Å². The second-order valence-electron chi connectivity index (χ2n) is 6.70. The van der Waals surface area contributed by atoms with Crippen LogP contribution >= 0.6 is 23.2 Å². The number of carbonyl (C=O) groups is 2. The number of anilines is 1. The van der Waals surface area contributed by atoms with E-state index in [2.05, 4.69) is 5.32 Å². The first-order chi connectivity index (χ1) is 10.5. The van der Waals surface area contributed by atoms with E-state index in [1.54, 1.807) is 14.0 Å². The van der Waals surface area contributed by atoms with E-state index < -0.39 is 9.75 Å². The van der Waals surface area contributed by atoms with Crippen molar-refractivity contribution in [1.82, 2.24) is 4.90 Å². The number of nitrogens with zero attached hydrogens (tertiary/aromatic N) is 1. The van der Waals surface area contributed by atoms with Crippen molar-refractivity contribution in [2.45, 2.75) is 38.4 Å². The van der Waals surface area contributed by atoms with Crippen LogP contribution in [0.15, 0.2) is 12.1 Å². The highest BCUT2D eigenvalue weighted by Gasteiger charge is 2.68. The van der Waals surface area contributed by atoms with Crippen LogP contribution in [-0.4, -0.2) is 34.6 Å². The molecule has 126 valence electrons. The van der Waals surface area contributed by atoms with Crippen molar-refractivity contribution in [3.63, 3.8) is 0 Å². The van der Waals surface area contributed by atoms with Crippen LogP contribution < -0.4 is 5.32 Å². The van der Waals surface area contributed by atoms with Crippen LogP contribution in [0, 0.1) is 26.2 Å². The molecular weight excluding hydrogens is 335 g/mol. The molecule has 1 aliphatic rings. The van der Waals surface area contributed by atoms with E-state index >= 15 is 0 Å². The summed E-state index contributed by atoms with van der Waals surface area (Å²) in [6.07, 6.45) is 0.407. The molecule has 1 aliphatic carbocycles. The number of amides is 2. The highest BCUT2D eigenvalue weighted by Crippen LogP contribution is 2.64. The SMILES string of the molecule is Cc1cc(C)c(NC(=O)CN(C)C(=O)[C@]2(C)CC2(Cl)Cl)c(C)c1. The minimum atomic E-state index is -1.03. The van der Waals surface area contributed by atoms with Crippen molar-refractivity contribution in [2.75, 3.05) is 18.9 Å². The smallest absolute Gasteiger partial charge is 0.243 e. The number of carbonyl (C=O) groups excluding carboxylic acids is 2. The Kier molecular flexibility index (Phi) is 4.71. The summed E-state index contributed by atoms with van der Waals surface area (Å²) in [5.74, 6) is -0.454. The summed E-state index contributed by atoms with van der Waals surface area (Å²) < 4.78 is -1.03. The maximum absolute atomic E-state index is 12.4. The molecule has 0 radical (unpaired) electrons. The first-order valence-corrected chi connectivity index (χ1v) is 8.24. The van der Waals surface area contributed by atoms with Crippen LogP contribution in [0.1, 0.15) is 30.0 Å². The normalized spacial score (nSPS) is 21.7. The zero-order valence-electron chi connectivity index (χ0n) is 14.1. The molecule has 0 aliphatic heterocycles. The molecule has 4 nitrogen and oxygen atoms in total. The van der Waals surface area contributed by atoms with Crippen molar-refractivity contribution < 1.29 is 9.59 Å². The van der Waals surface area contributed by atoms with Gasteiger partial charge in [0.15, 0.2) is 0 Å². The summed E-state index contributed by atoms with van der Waals surface area (Å²) in [5.41, 5.74) is 3.13. The van der Waals surface area contributed by atoms with Crippen LogP contribution in [0.2, 0.25) is 0 Å². The predicted octanol–water partition coefficient (Wildman–Crippen LogP) is 3.59. The Labute approximate surface area is 147 Å². The zero-order chi connectivity index (χ0) is 17.6. The summed E-state index contributed by atoms with van der Waals surface area (Å²) in [5, 5.41) is 2.89. The number of likely N-dealkylation sites (N-methyl/N-ethyl adjacent to an activating group) is 1. The lowest BCUT2D eigenvalue weighted by molar-refractivity contribution is -0.137. The van der Waals surface area contributed by atoms with Crippen LogP contribution in [0.4, 0.5) is 5.69 Å². The van der Waals surface area contributed by atoms with Crippen LogP contribution in [0.5, 0.6) is 0 Å². The molecule has 1 aromatic carbocycles. The molecular formula is C17H22Cl2N2O2. The third-order valence-corrected chi connectivity index (χ3v) is 5.50. The lowest BCUT2D eigenvalue weighted by Gasteiger charge is -2.22. The number of hydrogen-bond acceptors (Lipinski definition) is 2. The van der Waals surface area contributed by atoms with Gasteiger partial charge in [0.25, 0.3) is 0 Å². The molecule has 0 unspecified atom stereocenters. The van der Waals surface area contributed by atoms with E-state index in [0.717, 1.165) is 22.4 Å². The van der Waals surface area contributed by atoms with Gasteiger partial charge >= 0.3 is 0 Å². The standard InChI is InChI=1S/C17H22Cl2N2O2/c1-10-6-11(2)14(12(3)7-10)20-13(22)8-21(5)15(23)16(4)9-17(16,18)19/h6-7H,8-9H2,1-5H3,(H,20,22)/t16-/m0/s1. The summed E-state index contributed by atoms with van der Waals surface area (Å²) in [6.45, 7) is 7.60. The summed E-state index contributed by atoms with van der Waals surface area (Å²) in [6, 6.07) is 4.02. The summed E-state index contributed by atoms with van der Waals surface area (Å²) in [7, 11) is 1.59. The van der Waals surface area contributed by atoms with E-state index in [1.165, 1.54) is 4.90 Å². The van der Waals surface area contributed by atoms with Crippen LogP contribution in [-0.2, 0) is 9.59 Å². The second kappa shape index (κ2) is 5.99. The Bertz CT molecular complexity index is 650. The molecule has 1 aromatic rings. The molecule has 1 N–H and O–H groups in total. The lowest BCUT2D eigenvalue weighted by atomic mass is 10.1. The van der Waals surface area contributed by atoms with E-state index in [0.29, 0.717) is 6.42 Å². The molecule has 2 amide bonds. The zero-order valence-corrected chi connectivity index (χ0v) is 15.6. The van der Waals surface area contributed by atoms with Gasteiger partial charge in [-0.15, -0.1) is 23.2 Å². The van der Waals surface area contributed by atoms with Gasteiger partial charge in [0.2, 0.25) is 11.8 Å². The molecule has 23 heavy (non-hydrogen) atoms. The number of aryl methyl sites for hydroxylation is 3. The van der Waals surface area contributed by atoms with Gasteiger partial charge in [-0.3, -0.25) is 9.59 Å². The highest BCUT2D eigenvalue weighted by molar-refractivity contribution is 6.53. The Morgan fingerprint density at radius 1 is 1.22 bits per heavy atom. The average Bonchev–Trinajstić information content (AvgIpc) is 2.93. The van der Waals surface area contributed by atoms with E-state index in [4.69, 9.17) is 23.2 Å². The molecule has 6 heteroatoms. The van der Waals surface area contributed by atoms with Gasteiger partial charge in [-0.25, -0.2) is 0 Å². The number of nitrogens with one attached hydrogen (secondary N) is 1. The maximum Gasteiger partial charge on any atom is 0.243 e. The minimum absolute atomic E-state index is 0.0367. The molecule has 1 saturated carbocycles. The molecule has 1 atom stereocenters. The fourth-order valence-corrected chi connectivity index (χ4v) is 3.59. The molecule has 0 bridgehead atoms. The molecule has 0 aromatic heterocycles. The molecule has 0 saturated heterocycles. The molecule has 0 spiro atoms. The molecule has 0 heterocycles. The Morgan fingerprint density at radius 2 is 1.70 bits per heavy atom. The largest absolute Gasteiger partial charge is 0.336 e.